The summed E-state index contributed by atoms with van der Waals surface area (Å²) >= 11 is -4.48. The van der Waals surface area contributed by atoms with E-state index in [0.29, 0.717) is 0 Å². The van der Waals surface area contributed by atoms with Crippen LogP contribution >= 0.6 is 18.6 Å². The van der Waals surface area contributed by atoms with Crippen LogP contribution in [0.15, 0.2) is 108 Å². The van der Waals surface area contributed by atoms with Crippen molar-refractivity contribution < 1.29 is 12.7 Å². The molecule has 2 aliphatic carbocycles. The second-order valence-corrected chi connectivity index (χ2v) is 24.8. The van der Waals surface area contributed by atoms with Crippen LogP contribution in [-0.2, 0) is 12.7 Å². The summed E-state index contributed by atoms with van der Waals surface area (Å²) in [5.74, 6) is 0. The molecule has 4 aromatic rings. The first-order valence-electron chi connectivity index (χ1n) is 12.9. The molecule has 37 heavy (non-hydrogen) atoms. The Balaban J connectivity index is 1.54. The van der Waals surface area contributed by atoms with Crippen molar-refractivity contribution in [3.63, 3.8) is 0 Å². The average Bonchev–Trinajstić information content (AvgIpc) is 3.46. The van der Waals surface area contributed by atoms with Gasteiger partial charge in [0.05, 0.1) is 0 Å². The normalized spacial score (nSPS) is 18.6. The van der Waals surface area contributed by atoms with E-state index < -0.39 is 12.7 Å². The number of halogens is 2. The van der Waals surface area contributed by atoms with Gasteiger partial charge in [-0.25, -0.2) is 0 Å². The predicted molar refractivity (Wildman–Crippen MR) is 160 cm³/mol. The van der Waals surface area contributed by atoms with Gasteiger partial charge in [0, 0.05) is 0 Å². The van der Waals surface area contributed by atoms with Gasteiger partial charge in [0.15, 0.2) is 0 Å². The molecule has 0 amide bonds. The summed E-state index contributed by atoms with van der Waals surface area (Å²) in [7, 11) is 16.1. The van der Waals surface area contributed by atoms with E-state index >= 15 is 0 Å². The molecule has 2 atom stereocenters. The Hall–Kier alpha value is -2.48. The number of fused-ring (bicyclic) bond motifs is 2. The molecule has 6 rings (SSSR count). The molecule has 4 aromatic carbocycles. The van der Waals surface area contributed by atoms with Crippen LogP contribution in [0, 0.1) is 0 Å². The van der Waals surface area contributed by atoms with Crippen LogP contribution in [0.4, 0.5) is 0 Å². The third-order valence-corrected chi connectivity index (χ3v) is 21.3. The fraction of sp³-hybridized carbons (Fsp3) is 0.147. The SMILES string of the molecule is C[CH]=[Ti]([Cl])([Cl])([CH]1C(C)=Cc2c(-c3ccccc3)cccc21)[CH]1C(C)=Cc2c(-c3ccccc3)cccc21. The van der Waals surface area contributed by atoms with Crippen LogP contribution in [0.1, 0.15) is 51.5 Å². The Morgan fingerprint density at radius 3 is 1.35 bits per heavy atom. The fourth-order valence-corrected chi connectivity index (χ4v) is 18.8. The quantitative estimate of drug-likeness (QED) is 0.219. The summed E-state index contributed by atoms with van der Waals surface area (Å²) < 4.78 is 2.23. The zero-order valence-corrected chi connectivity index (χ0v) is 24.5. The Morgan fingerprint density at radius 1 is 0.568 bits per heavy atom. The van der Waals surface area contributed by atoms with Gasteiger partial charge in [-0.15, -0.1) is 0 Å². The minimum absolute atomic E-state index is 0.00340. The van der Waals surface area contributed by atoms with Gasteiger partial charge >= 0.3 is 230 Å². The molecule has 0 saturated carbocycles. The van der Waals surface area contributed by atoms with Crippen molar-refractivity contribution in [2.75, 3.05) is 0 Å². The van der Waals surface area contributed by atoms with E-state index in [1.54, 1.807) is 0 Å². The third kappa shape index (κ3) is 3.81. The molecule has 0 heterocycles. The van der Waals surface area contributed by atoms with E-state index in [-0.39, 0.29) is 8.45 Å². The van der Waals surface area contributed by atoms with E-state index in [4.69, 9.17) is 18.6 Å². The van der Waals surface area contributed by atoms with Crippen molar-refractivity contribution in [1.82, 2.24) is 0 Å². The second kappa shape index (κ2) is 9.07. The van der Waals surface area contributed by atoms with E-state index in [2.05, 4.69) is 134 Å². The summed E-state index contributed by atoms with van der Waals surface area (Å²) in [6, 6.07) is 34.4. The molecule has 0 nitrogen and oxygen atoms in total. The van der Waals surface area contributed by atoms with Crippen LogP contribution in [0.5, 0.6) is 0 Å². The van der Waals surface area contributed by atoms with Crippen molar-refractivity contribution >= 4 is 35.1 Å². The third-order valence-electron chi connectivity index (χ3n) is 8.38. The average molecular weight is 557 g/mol. The second-order valence-electron chi connectivity index (χ2n) is 10.5. The van der Waals surface area contributed by atoms with Crippen LogP contribution in [-0.4, -0.2) is 4.31 Å². The maximum absolute atomic E-state index is 8.05. The molecule has 0 bridgehead atoms. The molecule has 2 unspecified atom stereocenters. The van der Waals surface area contributed by atoms with Crippen molar-refractivity contribution in [3.8, 4) is 22.3 Å². The zero-order chi connectivity index (χ0) is 25.8. The van der Waals surface area contributed by atoms with Gasteiger partial charge in [-0.1, -0.05) is 0 Å². The van der Waals surface area contributed by atoms with Crippen LogP contribution < -0.4 is 0 Å². The van der Waals surface area contributed by atoms with E-state index in [1.807, 2.05) is 0 Å². The number of benzene rings is 4. The molecule has 0 aromatic heterocycles. The maximum atomic E-state index is 8.05. The van der Waals surface area contributed by atoms with Gasteiger partial charge in [0.2, 0.25) is 0 Å². The number of allylic oxidation sites excluding steroid dienone is 2. The standard InChI is InChI=1S/2C16H13.C2H4.2ClH.Ti/c2*1-12-10-14-8-5-9-15(16(14)11-12)13-6-3-2-4-7-13;1-2;;;/h2*2-11H,1H3;1H,2H3;2*1H;/q;;;;;+2/p-2. The molecule has 0 fully saturated rings. The van der Waals surface area contributed by atoms with Gasteiger partial charge < -0.3 is 0 Å². The summed E-state index contributed by atoms with van der Waals surface area (Å²) in [5.41, 5.74) is 12.5. The first-order chi connectivity index (χ1) is 17.8. The minimum atomic E-state index is -4.48. The molecule has 0 radical (unpaired) electrons. The summed E-state index contributed by atoms with van der Waals surface area (Å²) in [4.78, 5) is 0. The van der Waals surface area contributed by atoms with E-state index in [0.717, 1.165) is 0 Å². The van der Waals surface area contributed by atoms with Crippen molar-refractivity contribution in [1.29, 1.82) is 0 Å². The van der Waals surface area contributed by atoms with E-state index in [9.17, 15) is 0 Å². The Labute approximate surface area is 228 Å². The van der Waals surface area contributed by atoms with Crippen molar-refractivity contribution in [2.45, 2.75) is 29.2 Å². The van der Waals surface area contributed by atoms with Crippen LogP contribution in [0.25, 0.3) is 34.4 Å². The van der Waals surface area contributed by atoms with Gasteiger partial charge in [0.1, 0.15) is 0 Å². The Morgan fingerprint density at radius 2 is 0.973 bits per heavy atom. The van der Waals surface area contributed by atoms with Crippen molar-refractivity contribution in [3.05, 3.63) is 130 Å². The monoisotopic (exact) mass is 556 g/mol. The number of rotatable bonds is 4. The van der Waals surface area contributed by atoms with Gasteiger partial charge in [-0.05, 0) is 0 Å². The Bertz CT molecular complexity index is 1540. The first-order valence-corrected chi connectivity index (χ1v) is 19.9. The van der Waals surface area contributed by atoms with Crippen LogP contribution in [0.3, 0.4) is 0 Å². The molecular weight excluding hydrogens is 527 g/mol. The summed E-state index contributed by atoms with van der Waals surface area (Å²) in [6.45, 7) is 6.52. The van der Waals surface area contributed by atoms with E-state index in [1.165, 1.54) is 55.7 Å². The fourth-order valence-electron chi connectivity index (χ4n) is 6.81. The number of hydrogen-bond donors (Lipinski definition) is 0. The molecular formula is C34H30Cl2Ti. The summed E-state index contributed by atoms with van der Waals surface area (Å²) in [5, 5.41) is 0. The van der Waals surface area contributed by atoms with Gasteiger partial charge in [0.25, 0.3) is 0 Å². The molecule has 2 aliphatic rings. The van der Waals surface area contributed by atoms with Crippen LogP contribution in [0.2, 0.25) is 0 Å². The topological polar surface area (TPSA) is 0 Å². The first kappa shape index (κ1) is 24.8. The predicted octanol–water partition coefficient (Wildman–Crippen LogP) is 10.5. The van der Waals surface area contributed by atoms with Gasteiger partial charge in [-0.3, -0.25) is 0 Å². The zero-order valence-electron chi connectivity index (χ0n) is 21.4. The Kier molecular flexibility index (Phi) is 6.09. The molecule has 3 heteroatoms. The van der Waals surface area contributed by atoms with Crippen molar-refractivity contribution in [2.24, 2.45) is 0 Å². The number of hydrogen-bond acceptors (Lipinski definition) is 0. The molecule has 0 saturated heterocycles. The molecule has 0 N–H and O–H groups in total. The molecule has 184 valence electrons. The summed E-state index contributed by atoms with van der Waals surface area (Å²) in [6.07, 6.45) is 4.66. The molecule has 0 aliphatic heterocycles. The van der Waals surface area contributed by atoms with Gasteiger partial charge in [-0.2, -0.15) is 0 Å². The molecule has 0 spiro atoms.